The molecule has 0 rings (SSSR count). The van der Waals surface area contributed by atoms with Crippen molar-refractivity contribution in [2.45, 2.75) is 46.1 Å². The van der Waals surface area contributed by atoms with Crippen molar-refractivity contribution in [2.24, 2.45) is 5.92 Å². The first-order valence-corrected chi connectivity index (χ1v) is 4.93. The molecule has 0 aliphatic carbocycles. The molecule has 1 N–H and O–H groups in total. The van der Waals surface area contributed by atoms with Gasteiger partial charge in [-0.15, -0.1) is 0 Å². The first-order chi connectivity index (χ1) is 6.10. The molecule has 0 saturated carbocycles. The topological polar surface area (TPSA) is 46.5 Å². The standard InChI is InChI=1S/C10H20O3/c1-4-8(3)6-9(11)7-10(12)13-5-2/h8-9,11H,4-7H2,1-3H3/t8-,9?/m1/s1. The average molecular weight is 188 g/mol. The Hall–Kier alpha value is -0.570. The molecule has 2 atom stereocenters. The van der Waals surface area contributed by atoms with Crippen molar-refractivity contribution in [3.8, 4) is 0 Å². The van der Waals surface area contributed by atoms with Crippen molar-refractivity contribution in [3.05, 3.63) is 0 Å². The SMILES string of the molecule is CCOC(=O)CC(O)C[C@H](C)CC. The van der Waals surface area contributed by atoms with E-state index in [1.165, 1.54) is 0 Å². The normalized spacial score (nSPS) is 15.1. The highest BCUT2D eigenvalue weighted by atomic mass is 16.5. The fraction of sp³-hybridized carbons (Fsp3) is 0.900. The predicted octanol–water partition coefficient (Wildman–Crippen LogP) is 1.74. The molecular formula is C10H20O3. The van der Waals surface area contributed by atoms with Crippen molar-refractivity contribution in [1.29, 1.82) is 0 Å². The third-order valence-corrected chi connectivity index (χ3v) is 2.08. The number of carbonyl (C=O) groups is 1. The van der Waals surface area contributed by atoms with Crippen molar-refractivity contribution >= 4 is 5.97 Å². The molecule has 0 aromatic carbocycles. The van der Waals surface area contributed by atoms with E-state index in [0.29, 0.717) is 18.9 Å². The Morgan fingerprint density at radius 3 is 2.54 bits per heavy atom. The minimum atomic E-state index is -0.547. The van der Waals surface area contributed by atoms with Gasteiger partial charge in [-0.2, -0.15) is 0 Å². The molecule has 1 unspecified atom stereocenters. The van der Waals surface area contributed by atoms with Gasteiger partial charge in [0.1, 0.15) is 0 Å². The van der Waals surface area contributed by atoms with E-state index in [9.17, 15) is 9.90 Å². The second kappa shape index (κ2) is 6.89. The Labute approximate surface area is 80.1 Å². The molecular weight excluding hydrogens is 168 g/mol. The minimum absolute atomic E-state index is 0.123. The maximum absolute atomic E-state index is 10.9. The van der Waals surface area contributed by atoms with Crippen molar-refractivity contribution in [3.63, 3.8) is 0 Å². The van der Waals surface area contributed by atoms with Crippen LogP contribution in [0, 0.1) is 5.92 Å². The lowest BCUT2D eigenvalue weighted by atomic mass is 9.99. The van der Waals surface area contributed by atoms with Crippen LogP contribution in [0.25, 0.3) is 0 Å². The summed E-state index contributed by atoms with van der Waals surface area (Å²) in [5.41, 5.74) is 0. The zero-order valence-electron chi connectivity index (χ0n) is 8.75. The van der Waals surface area contributed by atoms with E-state index in [1.54, 1.807) is 6.92 Å². The summed E-state index contributed by atoms with van der Waals surface area (Å²) < 4.78 is 4.73. The lowest BCUT2D eigenvalue weighted by Crippen LogP contribution is -2.18. The van der Waals surface area contributed by atoms with Crippen LogP contribution in [0.5, 0.6) is 0 Å². The highest BCUT2D eigenvalue weighted by Gasteiger charge is 2.13. The summed E-state index contributed by atoms with van der Waals surface area (Å²) in [5.74, 6) is 0.155. The van der Waals surface area contributed by atoms with Crippen LogP contribution in [0.4, 0.5) is 0 Å². The molecule has 0 radical (unpaired) electrons. The molecule has 0 amide bonds. The lowest BCUT2D eigenvalue weighted by molar-refractivity contribution is -0.145. The average Bonchev–Trinajstić information content (AvgIpc) is 2.04. The number of esters is 1. The molecule has 0 saturated heterocycles. The predicted molar refractivity (Wildman–Crippen MR) is 51.3 cm³/mol. The van der Waals surface area contributed by atoms with Crippen LogP contribution in [-0.2, 0) is 9.53 Å². The van der Waals surface area contributed by atoms with Crippen molar-refractivity contribution in [2.75, 3.05) is 6.61 Å². The van der Waals surface area contributed by atoms with E-state index in [-0.39, 0.29) is 12.4 Å². The van der Waals surface area contributed by atoms with Crippen LogP contribution >= 0.6 is 0 Å². The summed E-state index contributed by atoms with van der Waals surface area (Å²) >= 11 is 0. The Morgan fingerprint density at radius 1 is 1.46 bits per heavy atom. The molecule has 0 bridgehead atoms. The molecule has 0 aliphatic rings. The number of aliphatic hydroxyl groups is 1. The van der Waals surface area contributed by atoms with E-state index < -0.39 is 6.10 Å². The quantitative estimate of drug-likeness (QED) is 0.646. The molecule has 78 valence electrons. The van der Waals surface area contributed by atoms with Gasteiger partial charge in [-0.05, 0) is 19.3 Å². The molecule has 0 spiro atoms. The van der Waals surface area contributed by atoms with Gasteiger partial charge in [-0.25, -0.2) is 0 Å². The second-order valence-electron chi connectivity index (χ2n) is 3.41. The van der Waals surface area contributed by atoms with Gasteiger partial charge in [0.15, 0.2) is 0 Å². The van der Waals surface area contributed by atoms with Crippen LogP contribution in [0.1, 0.15) is 40.0 Å². The fourth-order valence-electron chi connectivity index (χ4n) is 1.13. The van der Waals surface area contributed by atoms with Crippen molar-refractivity contribution in [1.82, 2.24) is 0 Å². The monoisotopic (exact) mass is 188 g/mol. The third kappa shape index (κ3) is 6.58. The zero-order valence-corrected chi connectivity index (χ0v) is 8.75. The number of hydrogen-bond acceptors (Lipinski definition) is 3. The summed E-state index contributed by atoms with van der Waals surface area (Å²) in [5, 5.41) is 9.45. The van der Waals surface area contributed by atoms with Gasteiger partial charge in [0.2, 0.25) is 0 Å². The van der Waals surface area contributed by atoms with Crippen LogP contribution in [0.15, 0.2) is 0 Å². The van der Waals surface area contributed by atoms with Crippen LogP contribution in [0.3, 0.4) is 0 Å². The number of rotatable bonds is 6. The number of ether oxygens (including phenoxy) is 1. The fourth-order valence-corrected chi connectivity index (χ4v) is 1.13. The minimum Gasteiger partial charge on any atom is -0.466 e. The summed E-state index contributed by atoms with van der Waals surface area (Å²) in [6, 6.07) is 0. The molecule has 13 heavy (non-hydrogen) atoms. The Bertz CT molecular complexity index is 145. The molecule has 0 heterocycles. The summed E-state index contributed by atoms with van der Waals surface area (Å²) in [4.78, 5) is 10.9. The maximum Gasteiger partial charge on any atom is 0.308 e. The third-order valence-electron chi connectivity index (χ3n) is 2.08. The first kappa shape index (κ1) is 12.4. The molecule has 3 heteroatoms. The number of hydrogen-bond donors (Lipinski definition) is 1. The summed E-state index contributed by atoms with van der Waals surface area (Å²) in [6.45, 7) is 6.28. The van der Waals surface area contributed by atoms with Gasteiger partial charge >= 0.3 is 5.97 Å². The lowest BCUT2D eigenvalue weighted by Gasteiger charge is -2.13. The summed E-state index contributed by atoms with van der Waals surface area (Å²) in [6.07, 6.45) is 1.28. The molecule has 0 aromatic rings. The van der Waals surface area contributed by atoms with Gasteiger partial charge in [0, 0.05) is 0 Å². The highest BCUT2D eigenvalue weighted by molar-refractivity contribution is 5.69. The number of aliphatic hydroxyl groups excluding tert-OH is 1. The van der Waals surface area contributed by atoms with Crippen LogP contribution in [0.2, 0.25) is 0 Å². The van der Waals surface area contributed by atoms with E-state index in [2.05, 4.69) is 13.8 Å². The van der Waals surface area contributed by atoms with E-state index in [4.69, 9.17) is 4.74 Å². The molecule has 3 nitrogen and oxygen atoms in total. The first-order valence-electron chi connectivity index (χ1n) is 4.93. The van der Waals surface area contributed by atoms with Crippen LogP contribution < -0.4 is 0 Å². The zero-order chi connectivity index (χ0) is 10.3. The smallest absolute Gasteiger partial charge is 0.308 e. The Balaban J connectivity index is 3.60. The second-order valence-corrected chi connectivity index (χ2v) is 3.41. The Morgan fingerprint density at radius 2 is 2.08 bits per heavy atom. The van der Waals surface area contributed by atoms with Gasteiger partial charge in [-0.1, -0.05) is 20.3 Å². The molecule has 0 aromatic heterocycles. The molecule has 0 aliphatic heterocycles. The largest absolute Gasteiger partial charge is 0.466 e. The van der Waals surface area contributed by atoms with Crippen molar-refractivity contribution < 1.29 is 14.6 Å². The van der Waals surface area contributed by atoms with Gasteiger partial charge in [-0.3, -0.25) is 4.79 Å². The van der Waals surface area contributed by atoms with Gasteiger partial charge < -0.3 is 9.84 Å². The Kier molecular flexibility index (Phi) is 6.59. The van der Waals surface area contributed by atoms with Gasteiger partial charge in [0.05, 0.1) is 19.1 Å². The van der Waals surface area contributed by atoms with Crippen LogP contribution in [-0.4, -0.2) is 23.8 Å². The number of carbonyl (C=O) groups excluding carboxylic acids is 1. The molecule has 0 fully saturated rings. The maximum atomic E-state index is 10.9. The summed E-state index contributed by atoms with van der Waals surface area (Å²) in [7, 11) is 0. The van der Waals surface area contributed by atoms with Gasteiger partial charge in [0.25, 0.3) is 0 Å². The van der Waals surface area contributed by atoms with E-state index >= 15 is 0 Å². The van der Waals surface area contributed by atoms with E-state index in [0.717, 1.165) is 6.42 Å². The van der Waals surface area contributed by atoms with E-state index in [1.807, 2.05) is 0 Å². The highest BCUT2D eigenvalue weighted by Crippen LogP contribution is 2.12.